The van der Waals surface area contributed by atoms with Gasteiger partial charge in [-0.1, -0.05) is 11.3 Å². The summed E-state index contributed by atoms with van der Waals surface area (Å²) in [6.07, 6.45) is 0.112. The van der Waals surface area contributed by atoms with Crippen molar-refractivity contribution in [1.29, 1.82) is 0 Å². The Balaban J connectivity index is 2.41. The summed E-state index contributed by atoms with van der Waals surface area (Å²) in [6, 6.07) is 5.94. The van der Waals surface area contributed by atoms with Crippen LogP contribution in [0.3, 0.4) is 0 Å². The van der Waals surface area contributed by atoms with Crippen molar-refractivity contribution in [3.05, 3.63) is 23.9 Å². The molecule has 0 saturated heterocycles. The quantitative estimate of drug-likeness (QED) is 0.908. The van der Waals surface area contributed by atoms with Crippen LogP contribution >= 0.6 is 11.3 Å². The van der Waals surface area contributed by atoms with E-state index in [1.165, 1.54) is 11.3 Å². The van der Waals surface area contributed by atoms with Crippen LogP contribution in [0.4, 0.5) is 5.13 Å². The number of anilines is 1. The number of hydrogen-bond acceptors (Lipinski definition) is 5. The molecule has 2 N–H and O–H groups in total. The highest BCUT2D eigenvalue weighted by Gasteiger charge is 2.13. The van der Waals surface area contributed by atoms with Crippen LogP contribution in [-0.2, 0) is 0 Å². The number of ether oxygens (including phenoxy) is 2. The van der Waals surface area contributed by atoms with E-state index < -0.39 is 0 Å². The molecule has 108 valence electrons. The van der Waals surface area contributed by atoms with Crippen LogP contribution in [0.1, 0.15) is 26.5 Å². The van der Waals surface area contributed by atoms with E-state index in [-0.39, 0.29) is 6.10 Å². The molecule has 2 rings (SSSR count). The molecule has 0 bridgehead atoms. The molecular formula is C15H20N2O2S. The second kappa shape index (κ2) is 6.13. The lowest BCUT2D eigenvalue weighted by atomic mass is 10.1. The first-order valence-electron chi connectivity index (χ1n) is 6.68. The zero-order valence-electron chi connectivity index (χ0n) is 12.3. The maximum atomic E-state index is 5.76. The van der Waals surface area contributed by atoms with Gasteiger partial charge in [-0.05, 0) is 51.5 Å². The molecule has 2 aromatic rings. The van der Waals surface area contributed by atoms with Gasteiger partial charge in [0.2, 0.25) is 0 Å². The number of aryl methyl sites for hydroxylation is 1. The highest BCUT2D eigenvalue weighted by Crippen LogP contribution is 2.37. The van der Waals surface area contributed by atoms with Gasteiger partial charge in [-0.3, -0.25) is 0 Å². The van der Waals surface area contributed by atoms with Crippen LogP contribution in [0.2, 0.25) is 0 Å². The van der Waals surface area contributed by atoms with E-state index in [9.17, 15) is 0 Å². The standard InChI is InChI=1S/C15H20N2O2S/c1-5-18-13-8-11(6-7-12(13)19-9(2)3)14-10(4)17-15(16)20-14/h6-9H,5H2,1-4H3,(H2,16,17). The maximum absolute atomic E-state index is 5.76. The summed E-state index contributed by atoms with van der Waals surface area (Å²) >= 11 is 1.48. The molecule has 1 aromatic carbocycles. The molecule has 20 heavy (non-hydrogen) atoms. The molecule has 1 aromatic heterocycles. The van der Waals surface area contributed by atoms with Crippen molar-refractivity contribution in [1.82, 2.24) is 4.98 Å². The normalized spacial score (nSPS) is 10.8. The number of nitrogen functional groups attached to an aromatic ring is 1. The first kappa shape index (κ1) is 14.7. The minimum absolute atomic E-state index is 0.112. The maximum Gasteiger partial charge on any atom is 0.180 e. The van der Waals surface area contributed by atoms with Gasteiger partial charge >= 0.3 is 0 Å². The van der Waals surface area contributed by atoms with E-state index in [1.54, 1.807) is 0 Å². The lowest BCUT2D eigenvalue weighted by molar-refractivity contribution is 0.224. The average molecular weight is 292 g/mol. The molecule has 0 spiro atoms. The zero-order valence-corrected chi connectivity index (χ0v) is 13.1. The molecule has 0 aliphatic rings. The fraction of sp³-hybridized carbons (Fsp3) is 0.400. The molecular weight excluding hydrogens is 272 g/mol. The number of nitrogens with zero attached hydrogens (tertiary/aromatic N) is 1. The second-order valence-electron chi connectivity index (χ2n) is 4.73. The van der Waals surface area contributed by atoms with Crippen LogP contribution in [-0.4, -0.2) is 17.7 Å². The summed E-state index contributed by atoms with van der Waals surface area (Å²) in [5.74, 6) is 1.52. The summed E-state index contributed by atoms with van der Waals surface area (Å²) in [6.45, 7) is 8.51. The van der Waals surface area contributed by atoms with E-state index in [2.05, 4.69) is 4.98 Å². The van der Waals surface area contributed by atoms with Gasteiger partial charge in [-0.25, -0.2) is 4.98 Å². The molecule has 0 atom stereocenters. The van der Waals surface area contributed by atoms with Gasteiger partial charge in [0.25, 0.3) is 0 Å². The Morgan fingerprint density at radius 1 is 1.30 bits per heavy atom. The topological polar surface area (TPSA) is 57.4 Å². The molecule has 0 unspecified atom stereocenters. The Bertz CT molecular complexity index is 594. The zero-order chi connectivity index (χ0) is 14.7. The van der Waals surface area contributed by atoms with Crippen LogP contribution < -0.4 is 15.2 Å². The smallest absolute Gasteiger partial charge is 0.180 e. The Labute approximate surface area is 123 Å². The molecule has 0 radical (unpaired) electrons. The van der Waals surface area contributed by atoms with Gasteiger partial charge in [0, 0.05) is 0 Å². The van der Waals surface area contributed by atoms with Crippen LogP contribution in [0.15, 0.2) is 18.2 Å². The number of aromatic nitrogens is 1. The predicted octanol–water partition coefficient (Wildman–Crippen LogP) is 3.89. The van der Waals surface area contributed by atoms with Crippen LogP contribution in [0.5, 0.6) is 11.5 Å². The first-order valence-corrected chi connectivity index (χ1v) is 7.49. The molecule has 0 fully saturated rings. The second-order valence-corrected chi connectivity index (χ2v) is 5.76. The summed E-state index contributed by atoms with van der Waals surface area (Å²) < 4.78 is 11.4. The van der Waals surface area contributed by atoms with Gasteiger partial charge in [0.05, 0.1) is 23.3 Å². The Hall–Kier alpha value is -1.75. The van der Waals surface area contributed by atoms with Crippen LogP contribution in [0, 0.1) is 6.92 Å². The number of nitrogens with two attached hydrogens (primary N) is 1. The number of rotatable bonds is 5. The fourth-order valence-electron chi connectivity index (χ4n) is 1.95. The van der Waals surface area contributed by atoms with Gasteiger partial charge in [-0.15, -0.1) is 0 Å². The van der Waals surface area contributed by atoms with E-state index >= 15 is 0 Å². The van der Waals surface area contributed by atoms with Gasteiger partial charge in [0.1, 0.15) is 0 Å². The van der Waals surface area contributed by atoms with E-state index in [0.717, 1.165) is 27.6 Å². The minimum atomic E-state index is 0.112. The average Bonchev–Trinajstić information content (AvgIpc) is 2.70. The first-order chi connectivity index (χ1) is 9.51. The highest BCUT2D eigenvalue weighted by molar-refractivity contribution is 7.18. The van der Waals surface area contributed by atoms with E-state index in [0.29, 0.717) is 11.7 Å². The van der Waals surface area contributed by atoms with Crippen molar-refractivity contribution in [2.24, 2.45) is 0 Å². The van der Waals surface area contributed by atoms with Crippen molar-refractivity contribution in [3.8, 4) is 21.9 Å². The summed E-state index contributed by atoms with van der Waals surface area (Å²) in [5, 5.41) is 0.581. The molecule has 0 aliphatic heterocycles. The SMILES string of the molecule is CCOc1cc(-c2sc(N)nc2C)ccc1OC(C)C. The van der Waals surface area contributed by atoms with Crippen molar-refractivity contribution < 1.29 is 9.47 Å². The monoisotopic (exact) mass is 292 g/mol. The number of hydrogen-bond donors (Lipinski definition) is 1. The molecule has 0 amide bonds. The lowest BCUT2D eigenvalue weighted by Gasteiger charge is -2.15. The Morgan fingerprint density at radius 2 is 2.05 bits per heavy atom. The molecule has 0 aliphatic carbocycles. The van der Waals surface area contributed by atoms with Crippen molar-refractivity contribution in [3.63, 3.8) is 0 Å². The third-order valence-electron chi connectivity index (χ3n) is 2.68. The van der Waals surface area contributed by atoms with E-state index in [4.69, 9.17) is 15.2 Å². The van der Waals surface area contributed by atoms with E-state index in [1.807, 2.05) is 45.9 Å². The minimum Gasteiger partial charge on any atom is -0.490 e. The van der Waals surface area contributed by atoms with Gasteiger partial charge < -0.3 is 15.2 Å². The third-order valence-corrected chi connectivity index (χ3v) is 3.72. The largest absolute Gasteiger partial charge is 0.490 e. The lowest BCUT2D eigenvalue weighted by Crippen LogP contribution is -2.07. The Morgan fingerprint density at radius 3 is 2.60 bits per heavy atom. The van der Waals surface area contributed by atoms with Crippen molar-refractivity contribution >= 4 is 16.5 Å². The molecule has 5 heteroatoms. The predicted molar refractivity (Wildman–Crippen MR) is 83.6 cm³/mol. The van der Waals surface area contributed by atoms with Crippen LogP contribution in [0.25, 0.3) is 10.4 Å². The van der Waals surface area contributed by atoms with Crippen molar-refractivity contribution in [2.75, 3.05) is 12.3 Å². The van der Waals surface area contributed by atoms with Gasteiger partial charge in [-0.2, -0.15) is 0 Å². The highest BCUT2D eigenvalue weighted by atomic mass is 32.1. The molecule has 0 saturated carbocycles. The molecule has 1 heterocycles. The fourth-order valence-corrected chi connectivity index (χ4v) is 2.78. The summed E-state index contributed by atoms with van der Waals surface area (Å²) in [7, 11) is 0. The number of thiazole rings is 1. The van der Waals surface area contributed by atoms with Gasteiger partial charge in [0.15, 0.2) is 16.6 Å². The number of benzene rings is 1. The Kier molecular flexibility index (Phi) is 4.49. The summed E-state index contributed by atoms with van der Waals surface area (Å²) in [5.41, 5.74) is 7.75. The summed E-state index contributed by atoms with van der Waals surface area (Å²) in [4.78, 5) is 5.33. The van der Waals surface area contributed by atoms with Crippen molar-refractivity contribution in [2.45, 2.75) is 33.8 Å². The molecule has 4 nitrogen and oxygen atoms in total. The third kappa shape index (κ3) is 3.22.